The Kier molecular flexibility index (Phi) is 3.78. The number of phenolic OH excluding ortho intramolecular Hbond substituents is 1. The van der Waals surface area contributed by atoms with Crippen molar-refractivity contribution in [3.05, 3.63) is 23.8 Å². The summed E-state index contributed by atoms with van der Waals surface area (Å²) in [5, 5.41) is 25.4. The summed E-state index contributed by atoms with van der Waals surface area (Å²) in [7, 11) is -3.94. The molecule has 18 heavy (non-hydrogen) atoms. The van der Waals surface area contributed by atoms with E-state index in [1.807, 2.05) is 4.72 Å². The summed E-state index contributed by atoms with van der Waals surface area (Å²) in [6.07, 6.45) is 0. The van der Waals surface area contributed by atoms with Crippen molar-refractivity contribution in [3.63, 3.8) is 0 Å². The molecule has 1 atom stereocenters. The van der Waals surface area contributed by atoms with Crippen LogP contribution in [-0.2, 0) is 10.0 Å². The van der Waals surface area contributed by atoms with Crippen molar-refractivity contribution < 1.29 is 23.4 Å². The van der Waals surface area contributed by atoms with E-state index in [9.17, 15) is 18.3 Å². The molecule has 0 aliphatic rings. The zero-order valence-corrected chi connectivity index (χ0v) is 10.1. The van der Waals surface area contributed by atoms with E-state index in [0.29, 0.717) is 0 Å². The molecule has 96 valence electrons. The third-order valence-corrected chi connectivity index (χ3v) is 3.68. The number of sulfonamides is 1. The first-order chi connectivity index (χ1) is 8.27. The van der Waals surface area contributed by atoms with Gasteiger partial charge in [-0.25, -0.2) is 13.2 Å². The molecule has 0 aliphatic carbocycles. The van der Waals surface area contributed by atoms with Gasteiger partial charge in [0.05, 0.1) is 17.3 Å². The minimum atomic E-state index is -3.94. The summed E-state index contributed by atoms with van der Waals surface area (Å²) < 4.78 is 25.1. The van der Waals surface area contributed by atoms with Crippen LogP contribution in [0.4, 0.5) is 5.69 Å². The first-order valence-corrected chi connectivity index (χ1v) is 6.30. The van der Waals surface area contributed by atoms with Gasteiger partial charge >= 0.3 is 5.97 Å². The van der Waals surface area contributed by atoms with Gasteiger partial charge < -0.3 is 10.2 Å². The summed E-state index contributed by atoms with van der Waals surface area (Å²) in [6, 6.07) is 4.71. The molecule has 8 heteroatoms. The van der Waals surface area contributed by atoms with Crippen LogP contribution < -0.4 is 4.72 Å². The van der Waals surface area contributed by atoms with Gasteiger partial charge in [-0.05, 0) is 25.1 Å². The second-order valence-electron chi connectivity index (χ2n) is 3.46. The van der Waals surface area contributed by atoms with Crippen molar-refractivity contribution in [2.24, 2.45) is 0 Å². The zero-order chi connectivity index (χ0) is 13.9. The lowest BCUT2D eigenvalue weighted by atomic mass is 10.2. The number of anilines is 1. The summed E-state index contributed by atoms with van der Waals surface area (Å²) in [4.78, 5) is 10.6. The van der Waals surface area contributed by atoms with Gasteiger partial charge in [0.15, 0.2) is 5.25 Å². The molecule has 0 amide bonds. The monoisotopic (exact) mass is 270 g/mol. The maximum absolute atomic E-state index is 11.5. The number of nitrogens with one attached hydrogen (secondary N) is 1. The Morgan fingerprint density at radius 3 is 2.56 bits per heavy atom. The van der Waals surface area contributed by atoms with Gasteiger partial charge in [0.2, 0.25) is 10.0 Å². The standard InChI is InChI=1S/C10H10N2O5S/c1-6(5-11)18(16,17)12-8-3-2-7(10(14)15)4-9(8)13/h2-4,6,12-13H,1H3,(H,14,15). The number of carboxylic acids is 1. The molecule has 0 spiro atoms. The molecule has 0 fully saturated rings. The highest BCUT2D eigenvalue weighted by Crippen LogP contribution is 2.25. The van der Waals surface area contributed by atoms with E-state index in [4.69, 9.17) is 10.4 Å². The SMILES string of the molecule is CC(C#N)S(=O)(=O)Nc1ccc(C(=O)O)cc1O. The average Bonchev–Trinajstić information content (AvgIpc) is 2.30. The smallest absolute Gasteiger partial charge is 0.335 e. The molecule has 0 heterocycles. The van der Waals surface area contributed by atoms with E-state index >= 15 is 0 Å². The first-order valence-electron chi connectivity index (χ1n) is 4.75. The van der Waals surface area contributed by atoms with E-state index in [-0.39, 0.29) is 11.3 Å². The fourth-order valence-electron chi connectivity index (χ4n) is 1.06. The van der Waals surface area contributed by atoms with Gasteiger partial charge in [0, 0.05) is 0 Å². The quantitative estimate of drug-likeness (QED) is 0.692. The molecule has 1 unspecified atom stereocenters. The van der Waals surface area contributed by atoms with Crippen LogP contribution >= 0.6 is 0 Å². The van der Waals surface area contributed by atoms with Gasteiger partial charge in [0.25, 0.3) is 0 Å². The molecular weight excluding hydrogens is 260 g/mol. The summed E-state index contributed by atoms with van der Waals surface area (Å²) >= 11 is 0. The highest BCUT2D eigenvalue weighted by molar-refractivity contribution is 7.93. The Hall–Kier alpha value is -2.27. The molecule has 1 rings (SSSR count). The van der Waals surface area contributed by atoms with Gasteiger partial charge in [-0.1, -0.05) is 0 Å². The fourth-order valence-corrected chi connectivity index (χ4v) is 1.86. The van der Waals surface area contributed by atoms with E-state index < -0.39 is 27.0 Å². The molecule has 0 aliphatic heterocycles. The van der Waals surface area contributed by atoms with Crippen LogP contribution in [-0.4, -0.2) is 29.9 Å². The van der Waals surface area contributed by atoms with Crippen molar-refractivity contribution in [1.82, 2.24) is 0 Å². The van der Waals surface area contributed by atoms with E-state index in [1.54, 1.807) is 6.07 Å². The Morgan fingerprint density at radius 2 is 2.11 bits per heavy atom. The largest absolute Gasteiger partial charge is 0.506 e. The number of phenols is 1. The Labute approximate surface area is 103 Å². The van der Waals surface area contributed by atoms with E-state index in [0.717, 1.165) is 18.2 Å². The van der Waals surface area contributed by atoms with Crippen LogP contribution in [0.1, 0.15) is 17.3 Å². The Bertz CT molecular complexity index is 618. The summed E-state index contributed by atoms with van der Waals surface area (Å²) in [6.45, 7) is 1.19. The van der Waals surface area contributed by atoms with Crippen LogP contribution in [0.15, 0.2) is 18.2 Å². The molecule has 0 radical (unpaired) electrons. The molecule has 1 aromatic carbocycles. The second-order valence-corrected chi connectivity index (χ2v) is 5.46. The molecule has 3 N–H and O–H groups in total. The van der Waals surface area contributed by atoms with Crippen molar-refractivity contribution in [1.29, 1.82) is 5.26 Å². The number of hydrogen-bond acceptors (Lipinski definition) is 5. The lowest BCUT2D eigenvalue weighted by Gasteiger charge is -2.10. The highest BCUT2D eigenvalue weighted by atomic mass is 32.2. The number of aromatic hydroxyl groups is 1. The van der Waals surface area contributed by atoms with Crippen LogP contribution in [0.2, 0.25) is 0 Å². The molecular formula is C10H10N2O5S. The van der Waals surface area contributed by atoms with Crippen molar-refractivity contribution >= 4 is 21.7 Å². The lowest BCUT2D eigenvalue weighted by molar-refractivity contribution is 0.0696. The summed E-state index contributed by atoms with van der Waals surface area (Å²) in [5.74, 6) is -1.77. The Balaban J connectivity index is 3.08. The van der Waals surface area contributed by atoms with Crippen molar-refractivity contribution in [2.75, 3.05) is 4.72 Å². The number of carbonyl (C=O) groups is 1. The third kappa shape index (κ3) is 2.89. The molecule has 0 saturated carbocycles. The Morgan fingerprint density at radius 1 is 1.50 bits per heavy atom. The predicted molar refractivity (Wildman–Crippen MR) is 62.7 cm³/mol. The first kappa shape index (κ1) is 13.8. The van der Waals surface area contributed by atoms with Crippen LogP contribution in [0.5, 0.6) is 5.75 Å². The lowest BCUT2D eigenvalue weighted by Crippen LogP contribution is -2.23. The third-order valence-electron chi connectivity index (χ3n) is 2.14. The average molecular weight is 270 g/mol. The number of hydrogen-bond donors (Lipinski definition) is 3. The molecule has 0 aromatic heterocycles. The topological polar surface area (TPSA) is 127 Å². The summed E-state index contributed by atoms with van der Waals surface area (Å²) in [5.41, 5.74) is -0.356. The number of benzene rings is 1. The van der Waals surface area contributed by atoms with E-state index in [1.165, 1.54) is 6.92 Å². The molecule has 0 bridgehead atoms. The van der Waals surface area contributed by atoms with Gasteiger partial charge in [0.1, 0.15) is 5.75 Å². The van der Waals surface area contributed by atoms with Crippen molar-refractivity contribution in [3.8, 4) is 11.8 Å². The number of carboxylic acid groups (broad SMARTS) is 1. The number of nitriles is 1. The van der Waals surface area contributed by atoms with Gasteiger partial charge in [-0.15, -0.1) is 0 Å². The predicted octanol–water partition coefficient (Wildman–Crippen LogP) is 0.744. The van der Waals surface area contributed by atoms with Gasteiger partial charge in [-0.3, -0.25) is 4.72 Å². The zero-order valence-electron chi connectivity index (χ0n) is 9.28. The number of rotatable bonds is 4. The minimum absolute atomic E-state index is 0.177. The molecule has 0 saturated heterocycles. The van der Waals surface area contributed by atoms with Crippen LogP contribution in [0.3, 0.4) is 0 Å². The maximum Gasteiger partial charge on any atom is 0.335 e. The van der Waals surface area contributed by atoms with Crippen molar-refractivity contribution in [2.45, 2.75) is 12.2 Å². The maximum atomic E-state index is 11.5. The highest BCUT2D eigenvalue weighted by Gasteiger charge is 2.21. The van der Waals surface area contributed by atoms with E-state index in [2.05, 4.69) is 0 Å². The normalized spacial score (nSPS) is 12.4. The molecule has 7 nitrogen and oxygen atoms in total. The molecule has 1 aromatic rings. The fraction of sp³-hybridized carbons (Fsp3) is 0.200. The minimum Gasteiger partial charge on any atom is -0.506 e. The van der Waals surface area contributed by atoms with Crippen LogP contribution in [0.25, 0.3) is 0 Å². The van der Waals surface area contributed by atoms with Gasteiger partial charge in [-0.2, -0.15) is 5.26 Å². The van der Waals surface area contributed by atoms with Crippen LogP contribution in [0, 0.1) is 11.3 Å². The number of nitrogens with zero attached hydrogens (tertiary/aromatic N) is 1. The number of aromatic carboxylic acids is 1. The second kappa shape index (κ2) is 4.93.